The largest absolute Gasteiger partial charge is 0.494 e. The molecular weight excluding hydrogens is 390 g/mol. The van der Waals surface area contributed by atoms with Gasteiger partial charge in [-0.05, 0) is 42.8 Å². The van der Waals surface area contributed by atoms with Gasteiger partial charge in [0.15, 0.2) is 11.6 Å². The summed E-state index contributed by atoms with van der Waals surface area (Å²) in [5, 5.41) is 0. The number of benzene rings is 2. The number of hydrogen-bond acceptors (Lipinski definition) is 4. The maximum absolute atomic E-state index is 13.6. The predicted octanol–water partition coefficient (Wildman–Crippen LogP) is 3.55. The summed E-state index contributed by atoms with van der Waals surface area (Å²) < 4.78 is 56.5. The maximum atomic E-state index is 13.6. The summed E-state index contributed by atoms with van der Waals surface area (Å²) in [6.07, 6.45) is 4.31. The molecule has 152 valence electrons. The van der Waals surface area contributed by atoms with Gasteiger partial charge in [-0.1, -0.05) is 32.3 Å². The lowest BCUT2D eigenvalue weighted by atomic mass is 10.2. The van der Waals surface area contributed by atoms with E-state index in [1.54, 1.807) is 17.0 Å². The number of halogens is 2. The summed E-state index contributed by atoms with van der Waals surface area (Å²) in [7, 11) is -4.47. The highest BCUT2D eigenvalue weighted by atomic mass is 32.2. The monoisotopic (exact) mass is 412 g/mol. The van der Waals surface area contributed by atoms with E-state index in [-0.39, 0.29) is 5.56 Å². The minimum atomic E-state index is -4.47. The first-order chi connectivity index (χ1) is 13.3. The van der Waals surface area contributed by atoms with Crippen LogP contribution >= 0.6 is 0 Å². The van der Waals surface area contributed by atoms with Gasteiger partial charge in [-0.3, -0.25) is 10.2 Å². The Bertz CT molecular complexity index is 903. The molecule has 1 amide bonds. The van der Waals surface area contributed by atoms with Crippen LogP contribution in [0.3, 0.4) is 0 Å². The van der Waals surface area contributed by atoms with E-state index in [9.17, 15) is 22.0 Å². The molecule has 2 aromatic carbocycles. The van der Waals surface area contributed by atoms with Crippen molar-refractivity contribution in [2.75, 3.05) is 6.61 Å². The zero-order valence-electron chi connectivity index (χ0n) is 15.4. The summed E-state index contributed by atoms with van der Waals surface area (Å²) in [6, 6.07) is 8.85. The van der Waals surface area contributed by atoms with Gasteiger partial charge in [0.25, 0.3) is 15.9 Å². The number of hydrogen-bond donors (Lipinski definition) is 2. The molecule has 28 heavy (non-hydrogen) atoms. The Hall–Kier alpha value is -2.52. The Kier molecular flexibility index (Phi) is 7.89. The lowest BCUT2D eigenvalue weighted by molar-refractivity contribution is 0.0945. The fourth-order valence-electron chi connectivity index (χ4n) is 2.35. The molecule has 6 nitrogen and oxygen atoms in total. The second kappa shape index (κ2) is 10.1. The number of carbonyl (C=O) groups excluding carboxylic acids is 1. The van der Waals surface area contributed by atoms with Gasteiger partial charge in [0.1, 0.15) is 10.6 Å². The quantitative estimate of drug-likeness (QED) is 0.462. The van der Waals surface area contributed by atoms with Crippen LogP contribution in [0.1, 0.15) is 43.0 Å². The summed E-state index contributed by atoms with van der Waals surface area (Å²) in [5.41, 5.74) is 2.13. The Morgan fingerprint density at radius 1 is 1.04 bits per heavy atom. The summed E-state index contributed by atoms with van der Waals surface area (Å²) in [5.74, 6) is -2.99. The van der Waals surface area contributed by atoms with Crippen molar-refractivity contribution >= 4 is 15.9 Å². The van der Waals surface area contributed by atoms with Crippen LogP contribution in [0, 0.1) is 11.6 Å². The third-order valence-electron chi connectivity index (χ3n) is 3.89. The van der Waals surface area contributed by atoms with Crippen molar-refractivity contribution in [2.45, 2.75) is 37.5 Å². The zero-order valence-corrected chi connectivity index (χ0v) is 16.2. The van der Waals surface area contributed by atoms with Crippen LogP contribution in [-0.2, 0) is 10.0 Å². The molecule has 9 heteroatoms. The van der Waals surface area contributed by atoms with Gasteiger partial charge in [-0.2, -0.15) is 0 Å². The van der Waals surface area contributed by atoms with Crippen molar-refractivity contribution in [2.24, 2.45) is 0 Å². The Balaban J connectivity index is 1.91. The first kappa shape index (κ1) is 21.8. The normalized spacial score (nSPS) is 11.2. The molecule has 0 aromatic heterocycles. The van der Waals surface area contributed by atoms with Crippen LogP contribution in [0.5, 0.6) is 5.75 Å². The standard InChI is InChI=1S/C19H22F2N2O4S/c1-2-3-4-5-13-27-15-11-9-14(10-12-15)19(24)22-23-28(25,26)17-8-6-7-16(20)18(17)21/h6-12,23H,2-5,13H2,1H3,(H,22,24). The second-order valence-electron chi connectivity index (χ2n) is 6.05. The van der Waals surface area contributed by atoms with Gasteiger partial charge in [-0.15, -0.1) is 4.83 Å². The van der Waals surface area contributed by atoms with Crippen molar-refractivity contribution in [3.63, 3.8) is 0 Å². The SMILES string of the molecule is CCCCCCOc1ccc(C(=O)NNS(=O)(=O)c2cccc(F)c2F)cc1. The number of amides is 1. The van der Waals surface area contributed by atoms with Gasteiger partial charge in [0.05, 0.1) is 6.61 Å². The molecule has 2 aromatic rings. The smallest absolute Gasteiger partial charge is 0.266 e. The zero-order chi connectivity index (χ0) is 20.6. The van der Waals surface area contributed by atoms with Crippen molar-refractivity contribution < 1.29 is 26.7 Å². The molecule has 2 rings (SSSR count). The molecule has 0 unspecified atom stereocenters. The van der Waals surface area contributed by atoms with Crippen LogP contribution in [0.15, 0.2) is 47.4 Å². The third-order valence-corrected chi connectivity index (χ3v) is 5.15. The fraction of sp³-hybridized carbons (Fsp3) is 0.316. The van der Waals surface area contributed by atoms with Gasteiger partial charge in [-0.25, -0.2) is 17.2 Å². The average Bonchev–Trinajstić information content (AvgIpc) is 2.68. The molecule has 0 aliphatic carbocycles. The molecule has 0 heterocycles. The van der Waals surface area contributed by atoms with Crippen molar-refractivity contribution in [1.29, 1.82) is 0 Å². The van der Waals surface area contributed by atoms with E-state index in [1.807, 2.05) is 5.43 Å². The van der Waals surface area contributed by atoms with Gasteiger partial charge < -0.3 is 4.74 Å². The van der Waals surface area contributed by atoms with E-state index in [1.165, 1.54) is 12.1 Å². The van der Waals surface area contributed by atoms with Crippen LogP contribution in [0.25, 0.3) is 0 Å². The number of nitrogens with one attached hydrogen (secondary N) is 2. The van der Waals surface area contributed by atoms with Crippen LogP contribution in [0.4, 0.5) is 8.78 Å². The summed E-state index contributed by atoms with van der Waals surface area (Å²) in [4.78, 5) is 12.9. The van der Waals surface area contributed by atoms with Crippen LogP contribution in [0.2, 0.25) is 0 Å². The highest BCUT2D eigenvalue weighted by Gasteiger charge is 2.22. The Morgan fingerprint density at radius 3 is 2.43 bits per heavy atom. The second-order valence-corrected chi connectivity index (χ2v) is 7.70. The Labute approximate surface area is 162 Å². The highest BCUT2D eigenvalue weighted by Crippen LogP contribution is 2.16. The molecule has 0 bridgehead atoms. The number of sulfonamides is 1. The molecule has 0 atom stereocenters. The topological polar surface area (TPSA) is 84.5 Å². The number of rotatable bonds is 10. The first-order valence-electron chi connectivity index (χ1n) is 8.84. The molecule has 0 aliphatic heterocycles. The van der Waals surface area contributed by atoms with E-state index in [0.29, 0.717) is 12.4 Å². The average molecular weight is 412 g/mol. The molecule has 0 spiro atoms. The van der Waals surface area contributed by atoms with Gasteiger partial charge >= 0.3 is 0 Å². The molecule has 0 saturated heterocycles. The van der Waals surface area contributed by atoms with Gasteiger partial charge in [0.2, 0.25) is 0 Å². The van der Waals surface area contributed by atoms with Crippen molar-refractivity contribution in [1.82, 2.24) is 10.3 Å². The van der Waals surface area contributed by atoms with E-state index in [4.69, 9.17) is 4.74 Å². The molecule has 2 N–H and O–H groups in total. The fourth-order valence-corrected chi connectivity index (χ4v) is 3.28. The molecule has 0 saturated carbocycles. The van der Waals surface area contributed by atoms with E-state index in [2.05, 4.69) is 6.92 Å². The first-order valence-corrected chi connectivity index (χ1v) is 10.3. The van der Waals surface area contributed by atoms with Crippen LogP contribution in [-0.4, -0.2) is 20.9 Å². The highest BCUT2D eigenvalue weighted by molar-refractivity contribution is 7.89. The minimum absolute atomic E-state index is 0.167. The minimum Gasteiger partial charge on any atom is -0.494 e. The number of hydrazine groups is 1. The predicted molar refractivity (Wildman–Crippen MR) is 100 cm³/mol. The lowest BCUT2D eigenvalue weighted by Gasteiger charge is -2.10. The summed E-state index contributed by atoms with van der Waals surface area (Å²) in [6.45, 7) is 2.70. The maximum Gasteiger partial charge on any atom is 0.266 e. The van der Waals surface area contributed by atoms with Crippen molar-refractivity contribution in [3.05, 3.63) is 59.7 Å². The number of carbonyl (C=O) groups is 1. The summed E-state index contributed by atoms with van der Waals surface area (Å²) >= 11 is 0. The lowest BCUT2D eigenvalue weighted by Crippen LogP contribution is -2.41. The molecule has 0 fully saturated rings. The van der Waals surface area contributed by atoms with Crippen molar-refractivity contribution in [3.8, 4) is 5.75 Å². The molecular formula is C19H22F2N2O4S. The Morgan fingerprint density at radius 2 is 1.75 bits per heavy atom. The number of unbranched alkanes of at least 4 members (excludes halogenated alkanes) is 3. The van der Waals surface area contributed by atoms with Gasteiger partial charge in [0, 0.05) is 5.56 Å². The van der Waals surface area contributed by atoms with E-state index < -0.39 is 32.5 Å². The third kappa shape index (κ3) is 6.00. The molecule has 0 radical (unpaired) electrons. The molecule has 0 aliphatic rings. The number of ether oxygens (including phenoxy) is 1. The van der Waals surface area contributed by atoms with E-state index in [0.717, 1.165) is 43.9 Å². The van der Waals surface area contributed by atoms with Crippen LogP contribution < -0.4 is 15.0 Å². The van der Waals surface area contributed by atoms with E-state index >= 15 is 0 Å².